The van der Waals surface area contributed by atoms with Gasteiger partial charge in [-0.05, 0) is 92.3 Å². The van der Waals surface area contributed by atoms with Gasteiger partial charge in [0.1, 0.15) is 16.7 Å². The fourth-order valence-electron chi connectivity index (χ4n) is 8.10. The van der Waals surface area contributed by atoms with Crippen molar-refractivity contribution in [1.82, 2.24) is 4.98 Å². The number of oxazole rings is 1. The fraction of sp³-hybridized carbons (Fsp3) is 0. The summed E-state index contributed by atoms with van der Waals surface area (Å²) >= 11 is 0. The summed E-state index contributed by atoms with van der Waals surface area (Å²) in [5.41, 5.74) is 11.4. The van der Waals surface area contributed by atoms with Gasteiger partial charge in [-0.15, -0.1) is 0 Å². The maximum Gasteiger partial charge on any atom is 0.227 e. The highest BCUT2D eigenvalue weighted by atomic mass is 16.4. The Hall–Kier alpha value is -7.43. The second kappa shape index (κ2) is 12.6. The highest BCUT2D eigenvalue weighted by molar-refractivity contribution is 6.20. The van der Waals surface area contributed by atoms with Crippen LogP contribution in [0, 0.1) is 0 Å². The number of nitrogens with zero attached hydrogens (tertiary/aromatic N) is 2. The second-order valence-electron chi connectivity index (χ2n) is 13.9. The van der Waals surface area contributed by atoms with Crippen LogP contribution in [0.3, 0.4) is 0 Å². The molecule has 55 heavy (non-hydrogen) atoms. The van der Waals surface area contributed by atoms with Crippen molar-refractivity contribution < 1.29 is 8.83 Å². The Labute approximate surface area is 317 Å². The van der Waals surface area contributed by atoms with Crippen LogP contribution in [-0.4, -0.2) is 4.98 Å². The molecule has 0 unspecified atom stereocenters. The molecular formula is C51H32N2O2. The third-order valence-corrected chi connectivity index (χ3v) is 10.7. The third-order valence-electron chi connectivity index (χ3n) is 10.7. The van der Waals surface area contributed by atoms with Gasteiger partial charge >= 0.3 is 0 Å². The molecule has 11 aromatic rings. The van der Waals surface area contributed by atoms with E-state index >= 15 is 0 Å². The Morgan fingerprint density at radius 1 is 0.400 bits per heavy atom. The smallest absolute Gasteiger partial charge is 0.227 e. The maximum absolute atomic E-state index is 6.74. The third kappa shape index (κ3) is 5.19. The molecule has 4 nitrogen and oxygen atoms in total. The summed E-state index contributed by atoms with van der Waals surface area (Å²) < 4.78 is 13.3. The van der Waals surface area contributed by atoms with Gasteiger partial charge in [-0.2, -0.15) is 0 Å². The van der Waals surface area contributed by atoms with Crippen molar-refractivity contribution in [3.8, 4) is 33.7 Å². The van der Waals surface area contributed by atoms with Gasteiger partial charge in [0.15, 0.2) is 5.58 Å². The Morgan fingerprint density at radius 3 is 1.85 bits per heavy atom. The molecule has 2 heterocycles. The van der Waals surface area contributed by atoms with E-state index in [0.717, 1.165) is 66.8 Å². The van der Waals surface area contributed by atoms with Crippen LogP contribution in [0.5, 0.6) is 0 Å². The lowest BCUT2D eigenvalue weighted by atomic mass is 9.93. The number of rotatable bonds is 6. The summed E-state index contributed by atoms with van der Waals surface area (Å²) in [4.78, 5) is 7.53. The van der Waals surface area contributed by atoms with Crippen molar-refractivity contribution in [1.29, 1.82) is 0 Å². The number of hydrogen-bond donors (Lipinski definition) is 0. The molecule has 0 saturated carbocycles. The van der Waals surface area contributed by atoms with Crippen molar-refractivity contribution in [3.05, 3.63) is 194 Å². The molecule has 2 aromatic heterocycles. The Morgan fingerprint density at radius 2 is 1.05 bits per heavy atom. The SMILES string of the molecule is c1ccc(-c2cccc(N(c3ccc(-c4cc5ccccc5c5ccccc45)cc3)c3cc4oc5ccccc5c4c4oc(-c5ccccc5)nc34)c2)cc1. The number of aromatic nitrogens is 1. The summed E-state index contributed by atoms with van der Waals surface area (Å²) in [5.74, 6) is 0.561. The van der Waals surface area contributed by atoms with Gasteiger partial charge in [0.25, 0.3) is 0 Å². The molecule has 0 atom stereocenters. The molecule has 0 bridgehead atoms. The fourth-order valence-corrected chi connectivity index (χ4v) is 8.10. The van der Waals surface area contributed by atoms with Crippen LogP contribution in [0.15, 0.2) is 203 Å². The molecule has 0 radical (unpaired) electrons. The highest BCUT2D eigenvalue weighted by Gasteiger charge is 2.25. The number of furan rings is 1. The monoisotopic (exact) mass is 704 g/mol. The van der Waals surface area contributed by atoms with Crippen LogP contribution in [-0.2, 0) is 0 Å². The van der Waals surface area contributed by atoms with E-state index in [-0.39, 0.29) is 0 Å². The van der Waals surface area contributed by atoms with E-state index in [0.29, 0.717) is 11.5 Å². The summed E-state index contributed by atoms with van der Waals surface area (Å²) in [6, 6.07) is 68.0. The van der Waals surface area contributed by atoms with Gasteiger partial charge in [-0.3, -0.25) is 0 Å². The topological polar surface area (TPSA) is 42.4 Å². The van der Waals surface area contributed by atoms with Crippen molar-refractivity contribution in [2.45, 2.75) is 0 Å². The number of anilines is 3. The first kappa shape index (κ1) is 31.1. The molecule has 0 aliphatic rings. The largest absolute Gasteiger partial charge is 0.456 e. The normalized spacial score (nSPS) is 11.6. The van der Waals surface area contributed by atoms with E-state index in [1.165, 1.54) is 27.1 Å². The molecular weight excluding hydrogens is 673 g/mol. The number of fused-ring (bicyclic) bond motifs is 8. The first-order valence-corrected chi connectivity index (χ1v) is 18.5. The minimum atomic E-state index is 0.561. The number of hydrogen-bond acceptors (Lipinski definition) is 4. The Kier molecular flexibility index (Phi) is 7.14. The van der Waals surface area contributed by atoms with Crippen LogP contribution < -0.4 is 4.90 Å². The molecule has 0 N–H and O–H groups in total. The predicted molar refractivity (Wildman–Crippen MR) is 227 cm³/mol. The number of benzene rings is 9. The summed E-state index contributed by atoms with van der Waals surface area (Å²) in [6.45, 7) is 0. The van der Waals surface area contributed by atoms with Crippen molar-refractivity contribution >= 4 is 71.6 Å². The van der Waals surface area contributed by atoms with Crippen molar-refractivity contribution in [3.63, 3.8) is 0 Å². The van der Waals surface area contributed by atoms with E-state index in [1.807, 2.05) is 54.6 Å². The lowest BCUT2D eigenvalue weighted by Gasteiger charge is -2.26. The van der Waals surface area contributed by atoms with Crippen LogP contribution in [0.2, 0.25) is 0 Å². The molecule has 0 fully saturated rings. The van der Waals surface area contributed by atoms with Gasteiger partial charge in [-0.25, -0.2) is 4.98 Å². The van der Waals surface area contributed by atoms with Gasteiger partial charge < -0.3 is 13.7 Å². The van der Waals surface area contributed by atoms with Crippen LogP contribution in [0.25, 0.3) is 88.3 Å². The lowest BCUT2D eigenvalue weighted by molar-refractivity contribution is 0.622. The summed E-state index contributed by atoms with van der Waals surface area (Å²) in [7, 11) is 0. The van der Waals surface area contributed by atoms with Crippen LogP contribution >= 0.6 is 0 Å². The Balaban J connectivity index is 1.16. The lowest BCUT2D eigenvalue weighted by Crippen LogP contribution is -2.10. The molecule has 0 saturated heterocycles. The number of para-hydroxylation sites is 1. The highest BCUT2D eigenvalue weighted by Crippen LogP contribution is 2.46. The van der Waals surface area contributed by atoms with Crippen LogP contribution in [0.1, 0.15) is 0 Å². The second-order valence-corrected chi connectivity index (χ2v) is 13.9. The molecule has 0 aliphatic carbocycles. The average molecular weight is 705 g/mol. The first-order valence-electron chi connectivity index (χ1n) is 18.5. The van der Waals surface area contributed by atoms with E-state index in [1.54, 1.807) is 0 Å². The molecule has 9 aromatic carbocycles. The van der Waals surface area contributed by atoms with E-state index in [9.17, 15) is 0 Å². The summed E-state index contributed by atoms with van der Waals surface area (Å²) in [5, 5.41) is 6.88. The van der Waals surface area contributed by atoms with Gasteiger partial charge in [0, 0.05) is 28.4 Å². The standard InChI is InChI=1S/C51H32N2O2/c1-3-14-33(15-4-1)36-19-13-20-39(30-36)53(38-28-26-34(27-29-38)44-31-37-18-7-8-21-40(37)41-22-9-10-23-42(41)44)45-32-47-48(43-24-11-12-25-46(43)54-47)50-49(45)52-51(55-50)35-16-5-2-6-17-35/h1-32H. The zero-order chi connectivity index (χ0) is 36.3. The molecule has 258 valence electrons. The van der Waals surface area contributed by atoms with Crippen LogP contribution in [0.4, 0.5) is 17.1 Å². The van der Waals surface area contributed by atoms with E-state index in [4.69, 9.17) is 13.8 Å². The summed E-state index contributed by atoms with van der Waals surface area (Å²) in [6.07, 6.45) is 0. The van der Waals surface area contributed by atoms with Crippen molar-refractivity contribution in [2.75, 3.05) is 4.90 Å². The molecule has 0 spiro atoms. The minimum Gasteiger partial charge on any atom is -0.456 e. The quantitative estimate of drug-likeness (QED) is 0.162. The molecule has 11 rings (SSSR count). The zero-order valence-corrected chi connectivity index (χ0v) is 29.7. The van der Waals surface area contributed by atoms with E-state index in [2.05, 4.69) is 144 Å². The molecule has 4 heteroatoms. The van der Waals surface area contributed by atoms with Gasteiger partial charge in [0.2, 0.25) is 5.89 Å². The molecule has 0 aliphatic heterocycles. The van der Waals surface area contributed by atoms with E-state index < -0.39 is 0 Å². The minimum absolute atomic E-state index is 0.561. The van der Waals surface area contributed by atoms with Gasteiger partial charge in [0.05, 0.1) is 11.1 Å². The zero-order valence-electron chi connectivity index (χ0n) is 29.7. The first-order chi connectivity index (χ1) is 27.3. The Bertz CT molecular complexity index is 3200. The average Bonchev–Trinajstić information content (AvgIpc) is 3.87. The maximum atomic E-state index is 6.74. The van der Waals surface area contributed by atoms with Crippen molar-refractivity contribution in [2.24, 2.45) is 0 Å². The predicted octanol–water partition coefficient (Wildman–Crippen LogP) is 14.5. The van der Waals surface area contributed by atoms with Gasteiger partial charge in [-0.1, -0.05) is 140 Å². The molecule has 0 amide bonds.